The van der Waals surface area contributed by atoms with E-state index in [1.54, 1.807) is 6.92 Å². The predicted octanol–water partition coefficient (Wildman–Crippen LogP) is -0.311. The molecule has 0 aromatic carbocycles. The molecule has 1 fully saturated rings. The Labute approximate surface area is 95.0 Å². The van der Waals surface area contributed by atoms with Crippen LogP contribution in [0, 0.1) is 5.41 Å². The summed E-state index contributed by atoms with van der Waals surface area (Å²) in [6.07, 6.45) is 4.14. The maximum atomic E-state index is 7.68. The molecule has 16 heavy (non-hydrogen) atoms. The van der Waals surface area contributed by atoms with E-state index in [0.29, 0.717) is 11.5 Å². The molecule has 1 heterocycles. The van der Waals surface area contributed by atoms with Gasteiger partial charge in [-0.05, 0) is 19.4 Å². The second kappa shape index (κ2) is 5.20. The first-order chi connectivity index (χ1) is 7.49. The number of likely N-dealkylation sites (tertiary alicyclic amines) is 1. The number of hydrogen-bond donors (Lipinski definition) is 4. The molecule has 6 heteroatoms. The molecule has 0 bridgehead atoms. The summed E-state index contributed by atoms with van der Waals surface area (Å²) >= 11 is 0. The highest BCUT2D eigenvalue weighted by Crippen LogP contribution is 2.07. The lowest BCUT2D eigenvalue weighted by Crippen LogP contribution is -2.41. The molecular weight excluding hydrogens is 204 g/mol. The van der Waals surface area contributed by atoms with E-state index in [1.165, 1.54) is 12.2 Å². The van der Waals surface area contributed by atoms with Gasteiger partial charge in [0.1, 0.15) is 17.5 Å². The average molecular weight is 222 g/mol. The standard InChI is InChI=1S/C10H18N6/c1-7(11)5-8(12)15-9(13)6-10(14)16-3-2-4-16/h5-6,14H,2-4,11,13H2,1H3,(H2,12,15). The van der Waals surface area contributed by atoms with Crippen molar-refractivity contribution in [1.82, 2.24) is 4.90 Å². The van der Waals surface area contributed by atoms with Gasteiger partial charge in [-0.15, -0.1) is 0 Å². The van der Waals surface area contributed by atoms with E-state index in [9.17, 15) is 0 Å². The quantitative estimate of drug-likeness (QED) is 0.387. The number of hydrogen-bond acceptors (Lipinski definition) is 4. The first-order valence-corrected chi connectivity index (χ1v) is 5.07. The van der Waals surface area contributed by atoms with Crippen LogP contribution >= 0.6 is 0 Å². The molecule has 1 saturated heterocycles. The second-order valence-electron chi connectivity index (χ2n) is 3.72. The Kier molecular flexibility index (Phi) is 3.93. The Balaban J connectivity index is 2.62. The van der Waals surface area contributed by atoms with Crippen LogP contribution in [0.15, 0.2) is 28.7 Å². The first-order valence-electron chi connectivity index (χ1n) is 5.07. The molecule has 1 aliphatic rings. The molecule has 0 aromatic rings. The SMILES string of the molecule is CC(N)=CC(N)=NC(N)=CC(=N)N1CCC1. The molecule has 0 radical (unpaired) electrons. The fourth-order valence-corrected chi connectivity index (χ4v) is 1.24. The Morgan fingerprint density at radius 2 is 1.88 bits per heavy atom. The third-order valence-electron chi connectivity index (χ3n) is 2.12. The topological polar surface area (TPSA) is 118 Å². The van der Waals surface area contributed by atoms with Crippen LogP contribution in [0.4, 0.5) is 0 Å². The van der Waals surface area contributed by atoms with E-state index in [1.807, 2.05) is 4.90 Å². The molecule has 0 saturated carbocycles. The summed E-state index contributed by atoms with van der Waals surface area (Å²) in [5, 5.41) is 7.68. The summed E-state index contributed by atoms with van der Waals surface area (Å²) in [6, 6.07) is 0. The zero-order chi connectivity index (χ0) is 12.1. The monoisotopic (exact) mass is 222 g/mol. The number of rotatable bonds is 3. The molecule has 0 unspecified atom stereocenters. The molecule has 0 amide bonds. The van der Waals surface area contributed by atoms with Crippen LogP contribution in [0.1, 0.15) is 13.3 Å². The van der Waals surface area contributed by atoms with E-state index >= 15 is 0 Å². The smallest absolute Gasteiger partial charge is 0.129 e. The number of nitrogens with two attached hydrogens (primary N) is 3. The number of nitrogens with one attached hydrogen (secondary N) is 1. The lowest BCUT2D eigenvalue weighted by atomic mass is 10.2. The fraction of sp³-hybridized carbons (Fsp3) is 0.400. The molecule has 0 aromatic heterocycles. The molecule has 6 nitrogen and oxygen atoms in total. The first kappa shape index (κ1) is 12.1. The molecule has 88 valence electrons. The zero-order valence-electron chi connectivity index (χ0n) is 9.40. The second-order valence-corrected chi connectivity index (χ2v) is 3.72. The van der Waals surface area contributed by atoms with Crippen molar-refractivity contribution >= 4 is 11.7 Å². The van der Waals surface area contributed by atoms with Crippen LogP contribution in [0.3, 0.4) is 0 Å². The van der Waals surface area contributed by atoms with E-state index in [4.69, 9.17) is 22.6 Å². The Bertz CT molecular complexity index is 358. The molecule has 1 aliphatic heterocycles. The summed E-state index contributed by atoms with van der Waals surface area (Å²) < 4.78 is 0. The van der Waals surface area contributed by atoms with Gasteiger partial charge in [0.15, 0.2) is 0 Å². The fourth-order valence-electron chi connectivity index (χ4n) is 1.24. The lowest BCUT2D eigenvalue weighted by molar-refractivity contribution is 0.300. The van der Waals surface area contributed by atoms with Crippen LogP contribution in [-0.4, -0.2) is 29.7 Å². The van der Waals surface area contributed by atoms with Gasteiger partial charge in [-0.3, -0.25) is 5.41 Å². The van der Waals surface area contributed by atoms with Gasteiger partial charge in [0, 0.05) is 24.9 Å². The van der Waals surface area contributed by atoms with Gasteiger partial charge in [-0.1, -0.05) is 0 Å². The van der Waals surface area contributed by atoms with Crippen LogP contribution in [0.25, 0.3) is 0 Å². The minimum atomic E-state index is 0.215. The maximum absolute atomic E-state index is 7.68. The van der Waals surface area contributed by atoms with Crippen LogP contribution < -0.4 is 17.2 Å². The van der Waals surface area contributed by atoms with E-state index in [-0.39, 0.29) is 11.7 Å². The van der Waals surface area contributed by atoms with Gasteiger partial charge < -0.3 is 22.1 Å². The highest BCUT2D eigenvalue weighted by atomic mass is 15.2. The maximum Gasteiger partial charge on any atom is 0.129 e. The van der Waals surface area contributed by atoms with Crippen molar-refractivity contribution in [3.05, 3.63) is 23.7 Å². The summed E-state index contributed by atoms with van der Waals surface area (Å²) in [5.74, 6) is 0.825. The number of nitrogens with zero attached hydrogens (tertiary/aromatic N) is 2. The Hall–Kier alpha value is -1.98. The van der Waals surface area contributed by atoms with Crippen molar-refractivity contribution in [2.45, 2.75) is 13.3 Å². The predicted molar refractivity (Wildman–Crippen MR) is 65.8 cm³/mol. The van der Waals surface area contributed by atoms with E-state index in [2.05, 4.69) is 4.99 Å². The number of amidine groups is 2. The molecule has 0 spiro atoms. The normalized spacial score (nSPS) is 18.3. The largest absolute Gasteiger partial charge is 0.402 e. The number of aliphatic imine (C=N–C) groups is 1. The summed E-state index contributed by atoms with van der Waals surface area (Å²) in [7, 11) is 0. The van der Waals surface area contributed by atoms with Crippen molar-refractivity contribution in [3.8, 4) is 0 Å². The highest BCUT2D eigenvalue weighted by Gasteiger charge is 2.15. The Morgan fingerprint density at radius 3 is 2.31 bits per heavy atom. The summed E-state index contributed by atoms with van der Waals surface area (Å²) in [4.78, 5) is 5.81. The molecule has 7 N–H and O–H groups in total. The van der Waals surface area contributed by atoms with Crippen LogP contribution in [-0.2, 0) is 0 Å². The van der Waals surface area contributed by atoms with Gasteiger partial charge in [-0.2, -0.15) is 0 Å². The highest BCUT2D eigenvalue weighted by molar-refractivity contribution is 5.94. The van der Waals surface area contributed by atoms with Crippen molar-refractivity contribution < 1.29 is 0 Å². The molecular formula is C10H18N6. The minimum Gasteiger partial charge on any atom is -0.402 e. The summed E-state index contributed by atoms with van der Waals surface area (Å²) in [5.41, 5.74) is 17.2. The van der Waals surface area contributed by atoms with E-state index in [0.717, 1.165) is 19.5 Å². The van der Waals surface area contributed by atoms with Crippen LogP contribution in [0.2, 0.25) is 0 Å². The lowest BCUT2D eigenvalue weighted by Gasteiger charge is -2.31. The van der Waals surface area contributed by atoms with Crippen molar-refractivity contribution in [2.75, 3.05) is 13.1 Å². The molecule has 0 atom stereocenters. The van der Waals surface area contributed by atoms with Crippen molar-refractivity contribution in [2.24, 2.45) is 22.2 Å². The van der Waals surface area contributed by atoms with Gasteiger partial charge in [0.25, 0.3) is 0 Å². The van der Waals surface area contributed by atoms with Gasteiger partial charge in [-0.25, -0.2) is 4.99 Å². The minimum absolute atomic E-state index is 0.215. The van der Waals surface area contributed by atoms with Gasteiger partial charge in [0.05, 0.1) is 0 Å². The molecule has 1 rings (SSSR count). The third-order valence-corrected chi connectivity index (χ3v) is 2.12. The van der Waals surface area contributed by atoms with Crippen molar-refractivity contribution in [3.63, 3.8) is 0 Å². The van der Waals surface area contributed by atoms with Gasteiger partial charge >= 0.3 is 0 Å². The summed E-state index contributed by atoms with van der Waals surface area (Å²) in [6.45, 7) is 3.53. The number of allylic oxidation sites excluding steroid dienone is 1. The van der Waals surface area contributed by atoms with Gasteiger partial charge in [0.2, 0.25) is 0 Å². The molecule has 0 aliphatic carbocycles. The Morgan fingerprint density at radius 1 is 1.25 bits per heavy atom. The van der Waals surface area contributed by atoms with Crippen LogP contribution in [0.5, 0.6) is 0 Å². The van der Waals surface area contributed by atoms with E-state index < -0.39 is 0 Å². The van der Waals surface area contributed by atoms with Crippen molar-refractivity contribution in [1.29, 1.82) is 5.41 Å². The average Bonchev–Trinajstić information content (AvgIpc) is 1.96. The third kappa shape index (κ3) is 3.64. The zero-order valence-corrected chi connectivity index (χ0v) is 9.40.